The summed E-state index contributed by atoms with van der Waals surface area (Å²) >= 11 is 7.17. The molecule has 0 spiro atoms. The van der Waals surface area contributed by atoms with Crippen LogP contribution >= 0.6 is 31.9 Å². The van der Waals surface area contributed by atoms with E-state index in [9.17, 15) is 0 Å². The Labute approximate surface area is 72.7 Å². The fourth-order valence-corrected chi connectivity index (χ4v) is 3.37. The average Bonchev–Trinajstić information content (AvgIpc) is 2.43. The van der Waals surface area contributed by atoms with Gasteiger partial charge in [0.15, 0.2) is 0 Å². The minimum absolute atomic E-state index is 0.586. The lowest BCUT2D eigenvalue weighted by Crippen LogP contribution is -2.06. The van der Waals surface area contributed by atoms with Crippen LogP contribution in [0.3, 0.4) is 0 Å². The van der Waals surface area contributed by atoms with Crippen LogP contribution in [0.25, 0.3) is 0 Å². The highest BCUT2D eigenvalue weighted by Crippen LogP contribution is 2.58. The fraction of sp³-hybridized carbons (Fsp3) is 1.00. The van der Waals surface area contributed by atoms with Gasteiger partial charge in [0.1, 0.15) is 0 Å². The predicted octanol–water partition coefficient (Wildman–Crippen LogP) is 3.15. The van der Waals surface area contributed by atoms with E-state index in [0.29, 0.717) is 3.74 Å². The molecule has 3 atom stereocenters. The molecule has 0 unspecified atom stereocenters. The zero-order valence-electron chi connectivity index (χ0n) is 5.19. The summed E-state index contributed by atoms with van der Waals surface area (Å²) in [5.74, 6) is 3.14. The van der Waals surface area contributed by atoms with Crippen molar-refractivity contribution >= 4 is 31.9 Å². The summed E-state index contributed by atoms with van der Waals surface area (Å²) < 4.78 is 0.586. The average molecular weight is 254 g/mol. The molecule has 0 bridgehead atoms. The lowest BCUT2D eigenvalue weighted by atomic mass is 10.1. The van der Waals surface area contributed by atoms with E-state index in [1.54, 1.807) is 0 Å². The van der Waals surface area contributed by atoms with Gasteiger partial charge in [0.05, 0.1) is 3.74 Å². The molecular formula is C7H10Br2. The standard InChI is InChI=1S/C7H10Br2/c8-7(9)5-2-1-4-3-6(4)5/h4-7H,1-3H2/t4-,5-,6-/m0/s1. The molecule has 0 N–H and O–H groups in total. The Morgan fingerprint density at radius 2 is 2.00 bits per heavy atom. The van der Waals surface area contributed by atoms with Crippen LogP contribution < -0.4 is 0 Å². The molecule has 2 aliphatic carbocycles. The Kier molecular flexibility index (Phi) is 1.65. The second kappa shape index (κ2) is 2.23. The van der Waals surface area contributed by atoms with Gasteiger partial charge in [-0.2, -0.15) is 0 Å². The molecule has 2 rings (SSSR count). The van der Waals surface area contributed by atoms with Crippen molar-refractivity contribution in [3.8, 4) is 0 Å². The number of hydrogen-bond acceptors (Lipinski definition) is 0. The second-order valence-corrected chi connectivity index (χ2v) is 6.44. The molecule has 2 aliphatic rings. The molecule has 0 aromatic carbocycles. The molecule has 2 heteroatoms. The third-order valence-corrected chi connectivity index (χ3v) is 4.08. The molecule has 9 heavy (non-hydrogen) atoms. The number of alkyl halides is 2. The Morgan fingerprint density at radius 1 is 1.22 bits per heavy atom. The summed E-state index contributed by atoms with van der Waals surface area (Å²) in [5.41, 5.74) is 0. The summed E-state index contributed by atoms with van der Waals surface area (Å²) in [4.78, 5) is 0. The summed E-state index contributed by atoms with van der Waals surface area (Å²) in [5, 5.41) is 0. The fourth-order valence-electron chi connectivity index (χ4n) is 2.06. The largest absolute Gasteiger partial charge is 0.0762 e. The van der Waals surface area contributed by atoms with Gasteiger partial charge in [0, 0.05) is 0 Å². The maximum absolute atomic E-state index is 3.58. The molecule has 2 saturated carbocycles. The second-order valence-electron chi connectivity index (χ2n) is 3.24. The highest BCUT2D eigenvalue weighted by Gasteiger charge is 2.49. The van der Waals surface area contributed by atoms with Crippen LogP contribution in [-0.4, -0.2) is 3.74 Å². The molecule has 0 nitrogen and oxygen atoms in total. The monoisotopic (exact) mass is 252 g/mol. The van der Waals surface area contributed by atoms with Crippen molar-refractivity contribution in [3.63, 3.8) is 0 Å². The van der Waals surface area contributed by atoms with Crippen LogP contribution in [0.5, 0.6) is 0 Å². The molecule has 0 aromatic rings. The molecule has 0 saturated heterocycles. The summed E-state index contributed by atoms with van der Waals surface area (Å²) in [6.45, 7) is 0. The normalized spacial score (nSPS) is 47.7. The first-order chi connectivity index (χ1) is 4.29. The molecule has 0 radical (unpaired) electrons. The van der Waals surface area contributed by atoms with Gasteiger partial charge in [-0.1, -0.05) is 31.9 Å². The van der Waals surface area contributed by atoms with E-state index in [1.807, 2.05) is 0 Å². The molecule has 0 aromatic heterocycles. The van der Waals surface area contributed by atoms with Crippen molar-refractivity contribution in [1.29, 1.82) is 0 Å². The van der Waals surface area contributed by atoms with E-state index in [1.165, 1.54) is 19.3 Å². The zero-order chi connectivity index (χ0) is 6.43. The lowest BCUT2D eigenvalue weighted by molar-refractivity contribution is 0.529. The molecule has 52 valence electrons. The van der Waals surface area contributed by atoms with Gasteiger partial charge < -0.3 is 0 Å². The van der Waals surface area contributed by atoms with Crippen LogP contribution in [-0.2, 0) is 0 Å². The van der Waals surface area contributed by atoms with Crippen LogP contribution in [0.15, 0.2) is 0 Å². The topological polar surface area (TPSA) is 0 Å². The third-order valence-electron chi connectivity index (χ3n) is 2.72. The Hall–Kier alpha value is 0.960. The first kappa shape index (κ1) is 6.66. The van der Waals surface area contributed by atoms with Gasteiger partial charge in [-0.15, -0.1) is 0 Å². The third kappa shape index (κ3) is 1.09. The van der Waals surface area contributed by atoms with Crippen molar-refractivity contribution in [2.24, 2.45) is 17.8 Å². The maximum Gasteiger partial charge on any atom is 0.0728 e. The van der Waals surface area contributed by atoms with Crippen LogP contribution in [0, 0.1) is 17.8 Å². The maximum atomic E-state index is 3.58. The highest BCUT2D eigenvalue weighted by molar-refractivity contribution is 9.24. The smallest absolute Gasteiger partial charge is 0.0728 e. The minimum Gasteiger partial charge on any atom is -0.0762 e. The number of fused-ring (bicyclic) bond motifs is 1. The zero-order valence-corrected chi connectivity index (χ0v) is 8.36. The van der Waals surface area contributed by atoms with Gasteiger partial charge in [-0.25, -0.2) is 0 Å². The van der Waals surface area contributed by atoms with Gasteiger partial charge in [0.2, 0.25) is 0 Å². The van der Waals surface area contributed by atoms with E-state index in [2.05, 4.69) is 31.9 Å². The Morgan fingerprint density at radius 3 is 2.22 bits per heavy atom. The van der Waals surface area contributed by atoms with Crippen LogP contribution in [0.2, 0.25) is 0 Å². The quantitative estimate of drug-likeness (QED) is 0.630. The van der Waals surface area contributed by atoms with Crippen molar-refractivity contribution in [3.05, 3.63) is 0 Å². The van der Waals surface area contributed by atoms with Gasteiger partial charge in [-0.3, -0.25) is 0 Å². The van der Waals surface area contributed by atoms with E-state index in [4.69, 9.17) is 0 Å². The van der Waals surface area contributed by atoms with E-state index < -0.39 is 0 Å². The Bertz CT molecular complexity index is 122. The van der Waals surface area contributed by atoms with Gasteiger partial charge >= 0.3 is 0 Å². The van der Waals surface area contributed by atoms with Crippen molar-refractivity contribution in [1.82, 2.24) is 0 Å². The summed E-state index contributed by atoms with van der Waals surface area (Å²) in [7, 11) is 0. The SMILES string of the molecule is BrC(Br)[C@H]1CC[C@H]2C[C@@H]21. The van der Waals surface area contributed by atoms with Crippen molar-refractivity contribution < 1.29 is 0 Å². The molecule has 0 aliphatic heterocycles. The molecular weight excluding hydrogens is 244 g/mol. The van der Waals surface area contributed by atoms with Crippen molar-refractivity contribution in [2.75, 3.05) is 0 Å². The van der Waals surface area contributed by atoms with E-state index in [-0.39, 0.29) is 0 Å². The number of hydrogen-bond donors (Lipinski definition) is 0. The van der Waals surface area contributed by atoms with Crippen LogP contribution in [0.1, 0.15) is 19.3 Å². The highest BCUT2D eigenvalue weighted by atomic mass is 79.9. The van der Waals surface area contributed by atoms with Gasteiger partial charge in [-0.05, 0) is 37.0 Å². The minimum atomic E-state index is 0.586. The number of halogens is 2. The predicted molar refractivity (Wildman–Crippen MR) is 46.0 cm³/mol. The van der Waals surface area contributed by atoms with E-state index in [0.717, 1.165) is 17.8 Å². The molecule has 0 amide bonds. The molecule has 2 fully saturated rings. The first-order valence-electron chi connectivity index (χ1n) is 3.57. The van der Waals surface area contributed by atoms with E-state index >= 15 is 0 Å². The number of rotatable bonds is 1. The van der Waals surface area contributed by atoms with Crippen molar-refractivity contribution in [2.45, 2.75) is 23.0 Å². The van der Waals surface area contributed by atoms with Crippen LogP contribution in [0.4, 0.5) is 0 Å². The van der Waals surface area contributed by atoms with Gasteiger partial charge in [0.25, 0.3) is 0 Å². The Balaban J connectivity index is 1.98. The first-order valence-corrected chi connectivity index (χ1v) is 5.40. The summed E-state index contributed by atoms with van der Waals surface area (Å²) in [6.07, 6.45) is 4.44. The molecule has 0 heterocycles. The summed E-state index contributed by atoms with van der Waals surface area (Å²) in [6, 6.07) is 0. The lowest BCUT2D eigenvalue weighted by Gasteiger charge is -2.11.